The summed E-state index contributed by atoms with van der Waals surface area (Å²) in [6.45, 7) is 6.93. The van der Waals surface area contributed by atoms with E-state index in [0.29, 0.717) is 13.1 Å². The topological polar surface area (TPSA) is 40.6 Å². The molecule has 0 aliphatic carbocycles. The zero-order valence-electron chi connectivity index (χ0n) is 12.2. The number of rotatable bonds is 4. The summed E-state index contributed by atoms with van der Waals surface area (Å²) in [6.07, 6.45) is 1.57. The van der Waals surface area contributed by atoms with E-state index in [0.717, 1.165) is 30.8 Å². The van der Waals surface area contributed by atoms with Crippen LogP contribution in [0, 0.1) is 5.92 Å². The summed E-state index contributed by atoms with van der Waals surface area (Å²) in [7, 11) is 0. The average Bonchev–Trinajstić information content (AvgIpc) is 3.02. The Morgan fingerprint density at radius 3 is 2.45 bits per heavy atom. The average molecular weight is 294 g/mol. The number of amides is 2. The van der Waals surface area contributed by atoms with Crippen LogP contribution in [0.2, 0.25) is 0 Å². The minimum Gasteiger partial charge on any atom is -0.343 e. The molecule has 2 heterocycles. The van der Waals surface area contributed by atoms with Crippen LogP contribution in [0.4, 0.5) is 0 Å². The van der Waals surface area contributed by atoms with Crippen LogP contribution in [0.25, 0.3) is 0 Å². The van der Waals surface area contributed by atoms with E-state index in [-0.39, 0.29) is 17.7 Å². The van der Waals surface area contributed by atoms with Gasteiger partial charge in [0.15, 0.2) is 0 Å². The molecule has 0 aromatic carbocycles. The van der Waals surface area contributed by atoms with E-state index in [1.54, 1.807) is 0 Å². The number of nitrogens with zero attached hydrogens (tertiary/aromatic N) is 2. The zero-order valence-corrected chi connectivity index (χ0v) is 13.0. The smallest absolute Gasteiger partial charge is 0.263 e. The van der Waals surface area contributed by atoms with Crippen molar-refractivity contribution < 1.29 is 9.59 Å². The quantitative estimate of drug-likeness (QED) is 0.856. The van der Waals surface area contributed by atoms with Crippen LogP contribution < -0.4 is 0 Å². The van der Waals surface area contributed by atoms with Crippen molar-refractivity contribution in [2.75, 3.05) is 26.2 Å². The molecule has 0 radical (unpaired) electrons. The molecule has 0 unspecified atom stereocenters. The van der Waals surface area contributed by atoms with Gasteiger partial charge in [0, 0.05) is 32.1 Å². The van der Waals surface area contributed by atoms with Crippen LogP contribution in [0.5, 0.6) is 0 Å². The fraction of sp³-hybridized carbons (Fsp3) is 0.600. The number of thiophene rings is 1. The summed E-state index contributed by atoms with van der Waals surface area (Å²) in [5.74, 6) is 0.439. The van der Waals surface area contributed by atoms with Gasteiger partial charge in [0.25, 0.3) is 5.91 Å². The molecular formula is C15H22N2O2S. The third-order valence-electron chi connectivity index (χ3n) is 3.94. The SMILES string of the molecule is CCN(CC)C(=O)C1CCN(C(=O)c2cccs2)CC1. The fourth-order valence-electron chi connectivity index (χ4n) is 2.68. The Morgan fingerprint density at radius 1 is 1.30 bits per heavy atom. The number of likely N-dealkylation sites (tertiary alicyclic amines) is 1. The lowest BCUT2D eigenvalue weighted by atomic mass is 9.95. The molecule has 2 rings (SSSR count). The standard InChI is InChI=1S/C15H22N2O2S/c1-3-16(4-2)14(18)12-7-9-17(10-8-12)15(19)13-6-5-11-20-13/h5-6,11-12H,3-4,7-10H2,1-2H3. The molecule has 2 amide bonds. The second kappa shape index (κ2) is 6.88. The molecule has 0 atom stereocenters. The van der Waals surface area contributed by atoms with Gasteiger partial charge in [-0.25, -0.2) is 0 Å². The fourth-order valence-corrected chi connectivity index (χ4v) is 3.37. The summed E-state index contributed by atoms with van der Waals surface area (Å²) >= 11 is 1.48. The molecule has 20 heavy (non-hydrogen) atoms. The molecule has 5 heteroatoms. The Balaban J connectivity index is 1.89. The minimum atomic E-state index is 0.0854. The number of piperidine rings is 1. The van der Waals surface area contributed by atoms with Gasteiger partial charge < -0.3 is 9.80 Å². The largest absolute Gasteiger partial charge is 0.343 e. The van der Waals surface area contributed by atoms with Crippen molar-refractivity contribution in [1.29, 1.82) is 0 Å². The van der Waals surface area contributed by atoms with Crippen molar-refractivity contribution in [3.05, 3.63) is 22.4 Å². The van der Waals surface area contributed by atoms with E-state index in [2.05, 4.69) is 0 Å². The molecule has 1 aliphatic rings. The van der Waals surface area contributed by atoms with Crippen LogP contribution in [-0.2, 0) is 4.79 Å². The molecule has 0 saturated carbocycles. The monoisotopic (exact) mass is 294 g/mol. The van der Waals surface area contributed by atoms with E-state index < -0.39 is 0 Å². The third-order valence-corrected chi connectivity index (χ3v) is 4.80. The molecule has 1 saturated heterocycles. The zero-order chi connectivity index (χ0) is 14.5. The maximum absolute atomic E-state index is 12.3. The molecule has 0 N–H and O–H groups in total. The second-order valence-corrected chi connectivity index (χ2v) is 6.00. The lowest BCUT2D eigenvalue weighted by Gasteiger charge is -2.33. The number of carbonyl (C=O) groups excluding carboxylic acids is 2. The van der Waals surface area contributed by atoms with Gasteiger partial charge >= 0.3 is 0 Å². The molecule has 1 aromatic rings. The van der Waals surface area contributed by atoms with Crippen LogP contribution in [0.1, 0.15) is 36.4 Å². The molecular weight excluding hydrogens is 272 g/mol. The molecule has 1 aliphatic heterocycles. The third kappa shape index (κ3) is 3.20. The van der Waals surface area contributed by atoms with E-state index in [9.17, 15) is 9.59 Å². The lowest BCUT2D eigenvalue weighted by Crippen LogP contribution is -2.44. The summed E-state index contributed by atoms with van der Waals surface area (Å²) < 4.78 is 0. The van der Waals surface area contributed by atoms with Gasteiger partial charge in [-0.15, -0.1) is 11.3 Å². The van der Waals surface area contributed by atoms with Gasteiger partial charge in [0.2, 0.25) is 5.91 Å². The van der Waals surface area contributed by atoms with E-state index >= 15 is 0 Å². The molecule has 0 bridgehead atoms. The Labute approximate surface area is 124 Å². The van der Waals surface area contributed by atoms with Crippen molar-refractivity contribution in [2.45, 2.75) is 26.7 Å². The molecule has 1 aromatic heterocycles. The van der Waals surface area contributed by atoms with Crippen molar-refractivity contribution in [3.63, 3.8) is 0 Å². The van der Waals surface area contributed by atoms with Crippen LogP contribution in [0.3, 0.4) is 0 Å². The summed E-state index contributed by atoms with van der Waals surface area (Å²) in [6, 6.07) is 3.76. The normalized spacial score (nSPS) is 16.2. The molecule has 1 fully saturated rings. The highest BCUT2D eigenvalue weighted by atomic mass is 32.1. The highest BCUT2D eigenvalue weighted by Crippen LogP contribution is 2.22. The first-order chi connectivity index (χ1) is 9.67. The summed E-state index contributed by atoms with van der Waals surface area (Å²) in [5, 5.41) is 1.92. The van der Waals surface area contributed by atoms with Gasteiger partial charge in [-0.2, -0.15) is 0 Å². The highest BCUT2D eigenvalue weighted by molar-refractivity contribution is 7.12. The van der Waals surface area contributed by atoms with Crippen molar-refractivity contribution in [3.8, 4) is 0 Å². The van der Waals surface area contributed by atoms with E-state index in [1.807, 2.05) is 41.2 Å². The number of hydrogen-bond acceptors (Lipinski definition) is 3. The maximum Gasteiger partial charge on any atom is 0.263 e. The predicted molar refractivity (Wildman–Crippen MR) is 80.9 cm³/mol. The first kappa shape index (κ1) is 15.0. The van der Waals surface area contributed by atoms with Gasteiger partial charge in [0.05, 0.1) is 4.88 Å². The van der Waals surface area contributed by atoms with Crippen molar-refractivity contribution >= 4 is 23.2 Å². The minimum absolute atomic E-state index is 0.0854. The Hall–Kier alpha value is -1.36. The summed E-state index contributed by atoms with van der Waals surface area (Å²) in [4.78, 5) is 29.1. The van der Waals surface area contributed by atoms with Gasteiger partial charge in [-0.05, 0) is 38.1 Å². The van der Waals surface area contributed by atoms with Gasteiger partial charge in [0.1, 0.15) is 0 Å². The lowest BCUT2D eigenvalue weighted by molar-refractivity contribution is -0.136. The summed E-state index contributed by atoms with van der Waals surface area (Å²) in [5.41, 5.74) is 0. The second-order valence-electron chi connectivity index (χ2n) is 5.05. The van der Waals surface area contributed by atoms with Crippen LogP contribution in [0.15, 0.2) is 17.5 Å². The van der Waals surface area contributed by atoms with Crippen LogP contribution in [-0.4, -0.2) is 47.8 Å². The molecule has 0 spiro atoms. The van der Waals surface area contributed by atoms with Gasteiger partial charge in [-0.1, -0.05) is 6.07 Å². The number of carbonyl (C=O) groups is 2. The van der Waals surface area contributed by atoms with Crippen molar-refractivity contribution in [2.24, 2.45) is 5.92 Å². The van der Waals surface area contributed by atoms with E-state index in [1.165, 1.54) is 11.3 Å². The molecule has 110 valence electrons. The van der Waals surface area contributed by atoms with Crippen LogP contribution >= 0.6 is 11.3 Å². The number of hydrogen-bond donors (Lipinski definition) is 0. The van der Waals surface area contributed by atoms with Crippen molar-refractivity contribution in [1.82, 2.24) is 9.80 Å². The van der Waals surface area contributed by atoms with Gasteiger partial charge in [-0.3, -0.25) is 9.59 Å². The first-order valence-electron chi connectivity index (χ1n) is 7.28. The van der Waals surface area contributed by atoms with E-state index in [4.69, 9.17) is 0 Å². The maximum atomic E-state index is 12.3. The Morgan fingerprint density at radius 2 is 1.95 bits per heavy atom. The molecule has 4 nitrogen and oxygen atoms in total. The first-order valence-corrected chi connectivity index (χ1v) is 8.16. The predicted octanol–water partition coefficient (Wildman–Crippen LogP) is 2.47. The Kier molecular flexibility index (Phi) is 5.17. The highest BCUT2D eigenvalue weighted by Gasteiger charge is 2.29. The Bertz CT molecular complexity index is 446.